The van der Waals surface area contributed by atoms with E-state index < -0.39 is 5.82 Å². The largest absolute Gasteiger partial charge is 0.494 e. The summed E-state index contributed by atoms with van der Waals surface area (Å²) >= 11 is 1.14. The van der Waals surface area contributed by atoms with E-state index in [0.717, 1.165) is 24.2 Å². The predicted octanol–water partition coefficient (Wildman–Crippen LogP) is 2.10. The molecule has 0 radical (unpaired) electrons. The second kappa shape index (κ2) is 7.26. The number of hydrogen-bond acceptors (Lipinski definition) is 5. The Morgan fingerprint density at radius 1 is 1.50 bits per heavy atom. The van der Waals surface area contributed by atoms with Crippen LogP contribution in [0.3, 0.4) is 0 Å². The normalized spacial score (nSPS) is 10.7. The number of nitrogens with one attached hydrogen (secondary N) is 1. The lowest BCUT2D eigenvalue weighted by Crippen LogP contribution is -2.17. The van der Waals surface area contributed by atoms with Gasteiger partial charge in [-0.2, -0.15) is 0 Å². The number of nitrogens with zero attached hydrogens (tertiary/aromatic N) is 2. The molecule has 2 aromatic rings. The topological polar surface area (TPSA) is 77.0 Å². The Bertz CT molecular complexity index is 726. The Morgan fingerprint density at radius 3 is 2.91 bits per heavy atom. The molecule has 0 aliphatic heterocycles. The van der Waals surface area contributed by atoms with Gasteiger partial charge in [0.2, 0.25) is 0 Å². The van der Waals surface area contributed by atoms with Crippen molar-refractivity contribution in [3.63, 3.8) is 0 Å². The van der Waals surface area contributed by atoms with Crippen molar-refractivity contribution in [2.45, 2.75) is 25.0 Å². The maximum absolute atomic E-state index is 13.6. The average molecular weight is 325 g/mol. The van der Waals surface area contributed by atoms with Crippen molar-refractivity contribution in [3.8, 4) is 5.75 Å². The Kier molecular flexibility index (Phi) is 5.37. The van der Waals surface area contributed by atoms with Crippen molar-refractivity contribution in [2.75, 3.05) is 12.9 Å². The number of halogens is 1. The lowest BCUT2D eigenvalue weighted by atomic mass is 10.1. The van der Waals surface area contributed by atoms with Crippen LogP contribution in [0.15, 0.2) is 28.2 Å². The van der Waals surface area contributed by atoms with Crippen LogP contribution in [0, 0.1) is 5.82 Å². The molecule has 2 rings (SSSR count). The zero-order chi connectivity index (χ0) is 16.1. The molecule has 0 unspecified atom stereocenters. The van der Waals surface area contributed by atoms with Crippen LogP contribution in [0.4, 0.5) is 4.39 Å². The van der Waals surface area contributed by atoms with E-state index in [9.17, 15) is 14.0 Å². The molecule has 118 valence electrons. The van der Waals surface area contributed by atoms with Gasteiger partial charge in [0.25, 0.3) is 0 Å². The molecule has 0 bridgehead atoms. The molecule has 0 saturated carbocycles. The van der Waals surface area contributed by atoms with Gasteiger partial charge >= 0.3 is 5.69 Å². The first-order valence-corrected chi connectivity index (χ1v) is 7.70. The average Bonchev–Trinajstić information content (AvgIpc) is 2.86. The minimum Gasteiger partial charge on any atom is -0.494 e. The highest BCUT2D eigenvalue weighted by Gasteiger charge is 2.14. The molecule has 8 heteroatoms. The van der Waals surface area contributed by atoms with Crippen LogP contribution in [0.1, 0.15) is 23.7 Å². The van der Waals surface area contributed by atoms with Crippen molar-refractivity contribution < 1.29 is 13.9 Å². The van der Waals surface area contributed by atoms with E-state index >= 15 is 0 Å². The molecule has 1 heterocycles. The van der Waals surface area contributed by atoms with Crippen molar-refractivity contribution in [1.82, 2.24) is 14.8 Å². The maximum Gasteiger partial charge on any atom is 0.343 e. The molecule has 22 heavy (non-hydrogen) atoms. The Morgan fingerprint density at radius 2 is 2.27 bits per heavy atom. The van der Waals surface area contributed by atoms with Crippen LogP contribution >= 0.6 is 11.8 Å². The first-order valence-electron chi connectivity index (χ1n) is 6.71. The molecule has 0 atom stereocenters. The first-order chi connectivity index (χ1) is 10.6. The van der Waals surface area contributed by atoms with Gasteiger partial charge in [0, 0.05) is 12.1 Å². The van der Waals surface area contributed by atoms with Gasteiger partial charge in [0.15, 0.2) is 22.5 Å². The fourth-order valence-electron chi connectivity index (χ4n) is 1.89. The van der Waals surface area contributed by atoms with Gasteiger partial charge in [0.05, 0.1) is 12.9 Å². The van der Waals surface area contributed by atoms with Gasteiger partial charge in [-0.05, 0) is 24.6 Å². The van der Waals surface area contributed by atoms with Crippen molar-refractivity contribution in [1.29, 1.82) is 0 Å². The summed E-state index contributed by atoms with van der Waals surface area (Å²) in [6, 6.07) is 4.06. The summed E-state index contributed by atoms with van der Waals surface area (Å²) in [5.74, 6) is -0.667. The highest BCUT2D eigenvalue weighted by atomic mass is 32.2. The van der Waals surface area contributed by atoms with Crippen LogP contribution in [-0.2, 0) is 6.54 Å². The number of benzene rings is 1. The number of carbonyl (C=O) groups is 1. The third-order valence-electron chi connectivity index (χ3n) is 2.98. The van der Waals surface area contributed by atoms with Gasteiger partial charge < -0.3 is 4.74 Å². The molecule has 0 spiro atoms. The van der Waals surface area contributed by atoms with Gasteiger partial charge in [0.1, 0.15) is 0 Å². The van der Waals surface area contributed by atoms with Crippen molar-refractivity contribution >= 4 is 17.5 Å². The molecule has 1 N–H and O–H groups in total. The van der Waals surface area contributed by atoms with Crippen LogP contribution in [0.2, 0.25) is 0 Å². The van der Waals surface area contributed by atoms with E-state index in [-0.39, 0.29) is 28.5 Å². The molecule has 0 amide bonds. The number of Topliss-reactive ketones (excluding diaryl/α,β-unsaturated/α-hetero) is 1. The van der Waals surface area contributed by atoms with Gasteiger partial charge in [-0.25, -0.2) is 14.3 Å². The number of ether oxygens (including phenoxy) is 1. The molecular formula is C14H16FN3O3S. The molecule has 0 saturated heterocycles. The number of rotatable bonds is 7. The van der Waals surface area contributed by atoms with Crippen molar-refractivity contribution in [3.05, 3.63) is 40.1 Å². The highest BCUT2D eigenvalue weighted by Crippen LogP contribution is 2.20. The van der Waals surface area contributed by atoms with Crippen LogP contribution < -0.4 is 10.4 Å². The Hall–Kier alpha value is -2.09. The molecule has 0 fully saturated rings. The minimum absolute atomic E-state index is 0.0692. The number of ketones is 1. The molecule has 0 aliphatic rings. The number of aromatic amines is 1. The SMILES string of the molecule is CCCn1c(SCC(=O)c2ccc(OC)c(F)c2)n[nH]c1=O. The third kappa shape index (κ3) is 3.56. The molecule has 1 aromatic carbocycles. The zero-order valence-electron chi connectivity index (χ0n) is 12.3. The van der Waals surface area contributed by atoms with E-state index in [0.29, 0.717) is 11.7 Å². The summed E-state index contributed by atoms with van der Waals surface area (Å²) in [4.78, 5) is 23.6. The quantitative estimate of drug-likeness (QED) is 0.623. The molecule has 1 aromatic heterocycles. The van der Waals surface area contributed by atoms with E-state index in [1.165, 1.54) is 23.8 Å². The number of thioether (sulfide) groups is 1. The second-order valence-electron chi connectivity index (χ2n) is 4.52. The number of H-pyrrole nitrogens is 1. The predicted molar refractivity (Wildman–Crippen MR) is 81.1 cm³/mol. The summed E-state index contributed by atoms with van der Waals surface area (Å²) < 4.78 is 19.9. The molecule has 0 aliphatic carbocycles. The lowest BCUT2D eigenvalue weighted by Gasteiger charge is -2.05. The van der Waals surface area contributed by atoms with Gasteiger partial charge in [-0.15, -0.1) is 5.10 Å². The van der Waals surface area contributed by atoms with Crippen molar-refractivity contribution in [2.24, 2.45) is 0 Å². The zero-order valence-corrected chi connectivity index (χ0v) is 13.1. The molecule has 6 nitrogen and oxygen atoms in total. The van der Waals surface area contributed by atoms with Crippen LogP contribution in [-0.4, -0.2) is 33.4 Å². The van der Waals surface area contributed by atoms with Gasteiger partial charge in [-0.1, -0.05) is 18.7 Å². The summed E-state index contributed by atoms with van der Waals surface area (Å²) in [7, 11) is 1.36. The molecular weight excluding hydrogens is 309 g/mol. The smallest absolute Gasteiger partial charge is 0.343 e. The lowest BCUT2D eigenvalue weighted by molar-refractivity contribution is 0.102. The van der Waals surface area contributed by atoms with E-state index in [1.54, 1.807) is 0 Å². The monoisotopic (exact) mass is 325 g/mol. The summed E-state index contributed by atoms with van der Waals surface area (Å²) in [5.41, 5.74) is -0.0435. The first kappa shape index (κ1) is 16.3. The van der Waals surface area contributed by atoms with Crippen LogP contribution in [0.25, 0.3) is 0 Å². The van der Waals surface area contributed by atoms with E-state index in [2.05, 4.69) is 10.2 Å². The standard InChI is InChI=1S/C14H16FN3O3S/c1-3-6-18-13(20)16-17-14(18)22-8-11(19)9-4-5-12(21-2)10(15)7-9/h4-5,7H,3,6,8H2,1-2H3,(H,16,20). The van der Waals surface area contributed by atoms with E-state index in [1.807, 2.05) is 6.92 Å². The number of methoxy groups -OCH3 is 1. The fraction of sp³-hybridized carbons (Fsp3) is 0.357. The number of aromatic nitrogens is 3. The fourth-order valence-corrected chi connectivity index (χ4v) is 2.75. The minimum atomic E-state index is -0.582. The highest BCUT2D eigenvalue weighted by molar-refractivity contribution is 7.99. The van der Waals surface area contributed by atoms with Crippen LogP contribution in [0.5, 0.6) is 5.75 Å². The van der Waals surface area contributed by atoms with E-state index in [4.69, 9.17) is 4.74 Å². The van der Waals surface area contributed by atoms with Gasteiger partial charge in [-0.3, -0.25) is 9.36 Å². The number of carbonyl (C=O) groups excluding carboxylic acids is 1. The number of hydrogen-bond donors (Lipinski definition) is 1. The Labute approximate surface area is 130 Å². The summed E-state index contributed by atoms with van der Waals surface area (Å²) in [5, 5.41) is 6.70. The maximum atomic E-state index is 13.6. The Balaban J connectivity index is 2.07. The second-order valence-corrected chi connectivity index (χ2v) is 5.47. The summed E-state index contributed by atoms with van der Waals surface area (Å²) in [6.45, 7) is 2.47. The third-order valence-corrected chi connectivity index (χ3v) is 3.95. The summed E-state index contributed by atoms with van der Waals surface area (Å²) in [6.07, 6.45) is 0.782.